The van der Waals surface area contributed by atoms with E-state index in [1.54, 1.807) is 13.2 Å². The van der Waals surface area contributed by atoms with Gasteiger partial charge >= 0.3 is 5.97 Å². The Morgan fingerprint density at radius 2 is 2.00 bits per heavy atom. The van der Waals surface area contributed by atoms with Gasteiger partial charge in [-0.15, -0.1) is 0 Å². The highest BCUT2D eigenvalue weighted by molar-refractivity contribution is 5.85. The lowest BCUT2D eigenvalue weighted by molar-refractivity contribution is -0.131. The summed E-state index contributed by atoms with van der Waals surface area (Å²) in [6.45, 7) is 1.94. The minimum absolute atomic E-state index is 0.562. The van der Waals surface area contributed by atoms with Crippen molar-refractivity contribution in [2.24, 2.45) is 0 Å². The maximum absolute atomic E-state index is 10.4. The molecule has 0 heterocycles. The van der Waals surface area contributed by atoms with Gasteiger partial charge in [-0.05, 0) is 23.6 Å². The molecular weight excluding hydrogens is 232 g/mol. The van der Waals surface area contributed by atoms with Gasteiger partial charge in [-0.3, -0.25) is 0 Å². The van der Waals surface area contributed by atoms with Crippen LogP contribution in [0.25, 0.3) is 6.08 Å². The molecule has 0 saturated heterocycles. The first-order valence-electron chi connectivity index (χ1n) is 5.79. The van der Waals surface area contributed by atoms with E-state index in [0.717, 1.165) is 23.6 Å². The van der Waals surface area contributed by atoms with E-state index < -0.39 is 5.97 Å². The third-order valence-electron chi connectivity index (χ3n) is 2.30. The number of carboxylic acid groups (broad SMARTS) is 1. The van der Waals surface area contributed by atoms with Crippen molar-refractivity contribution in [3.63, 3.8) is 0 Å². The third kappa shape index (κ3) is 6.18. The van der Waals surface area contributed by atoms with Crippen molar-refractivity contribution in [3.05, 3.63) is 41.5 Å². The Bertz CT molecular complexity index is 381. The molecule has 0 aliphatic rings. The highest BCUT2D eigenvalue weighted by atomic mass is 16.5. The van der Waals surface area contributed by atoms with Gasteiger partial charge in [0.25, 0.3) is 0 Å². The third-order valence-corrected chi connectivity index (χ3v) is 2.30. The summed E-state index contributed by atoms with van der Waals surface area (Å²) in [4.78, 5) is 10.4. The van der Waals surface area contributed by atoms with Crippen molar-refractivity contribution in [1.29, 1.82) is 0 Å². The SMILES string of the molecule is COCCCOCc1ccc(/C=C/C(=O)O)cc1. The molecule has 0 spiro atoms. The molecule has 0 fully saturated rings. The molecule has 0 unspecified atom stereocenters. The highest BCUT2D eigenvalue weighted by Gasteiger charge is 1.94. The number of rotatable bonds is 8. The average molecular weight is 250 g/mol. The molecular formula is C14H18O4. The summed E-state index contributed by atoms with van der Waals surface area (Å²) in [6.07, 6.45) is 3.57. The summed E-state index contributed by atoms with van der Waals surface area (Å²) in [5.41, 5.74) is 1.93. The Kier molecular flexibility index (Phi) is 6.76. The molecule has 0 radical (unpaired) electrons. The van der Waals surface area contributed by atoms with Crippen LogP contribution in [0.3, 0.4) is 0 Å². The minimum Gasteiger partial charge on any atom is -0.478 e. The number of ether oxygens (including phenoxy) is 2. The summed E-state index contributed by atoms with van der Waals surface area (Å²) in [7, 11) is 1.67. The Morgan fingerprint density at radius 1 is 1.28 bits per heavy atom. The summed E-state index contributed by atoms with van der Waals surface area (Å²) in [5.74, 6) is -0.944. The zero-order valence-electron chi connectivity index (χ0n) is 10.5. The molecule has 0 bridgehead atoms. The Hall–Kier alpha value is -1.65. The van der Waals surface area contributed by atoms with Crippen LogP contribution in [0.5, 0.6) is 0 Å². The van der Waals surface area contributed by atoms with E-state index >= 15 is 0 Å². The van der Waals surface area contributed by atoms with Crippen LogP contribution < -0.4 is 0 Å². The second kappa shape index (κ2) is 8.44. The normalized spacial score (nSPS) is 10.9. The van der Waals surface area contributed by atoms with Gasteiger partial charge in [-0.2, -0.15) is 0 Å². The van der Waals surface area contributed by atoms with E-state index in [4.69, 9.17) is 14.6 Å². The van der Waals surface area contributed by atoms with Crippen LogP contribution in [-0.4, -0.2) is 31.4 Å². The summed E-state index contributed by atoms with van der Waals surface area (Å²) in [5, 5.41) is 8.50. The fraction of sp³-hybridized carbons (Fsp3) is 0.357. The van der Waals surface area contributed by atoms with Crippen molar-refractivity contribution >= 4 is 12.0 Å². The van der Waals surface area contributed by atoms with Crippen molar-refractivity contribution in [2.75, 3.05) is 20.3 Å². The molecule has 1 N–H and O–H groups in total. The number of carbonyl (C=O) groups is 1. The summed E-state index contributed by atoms with van der Waals surface area (Å²) >= 11 is 0. The molecule has 0 aliphatic heterocycles. The molecule has 0 saturated carbocycles. The zero-order chi connectivity index (χ0) is 13.2. The molecule has 4 nitrogen and oxygen atoms in total. The predicted molar refractivity (Wildman–Crippen MR) is 69.3 cm³/mol. The molecule has 0 atom stereocenters. The maximum atomic E-state index is 10.4. The van der Waals surface area contributed by atoms with Crippen LogP contribution in [0.4, 0.5) is 0 Å². The Labute approximate surface area is 107 Å². The molecule has 1 aromatic rings. The molecule has 1 aromatic carbocycles. The summed E-state index contributed by atoms with van der Waals surface area (Å²) in [6, 6.07) is 7.59. The van der Waals surface area contributed by atoms with Crippen LogP contribution in [-0.2, 0) is 20.9 Å². The van der Waals surface area contributed by atoms with Gasteiger partial charge in [0.05, 0.1) is 6.61 Å². The number of benzene rings is 1. The monoisotopic (exact) mass is 250 g/mol. The number of hydrogen-bond acceptors (Lipinski definition) is 3. The molecule has 1 rings (SSSR count). The lowest BCUT2D eigenvalue weighted by Crippen LogP contribution is -1.99. The highest BCUT2D eigenvalue weighted by Crippen LogP contribution is 2.07. The van der Waals surface area contributed by atoms with Gasteiger partial charge in [-0.25, -0.2) is 4.79 Å². The van der Waals surface area contributed by atoms with E-state index in [1.807, 2.05) is 24.3 Å². The minimum atomic E-state index is -0.944. The predicted octanol–water partition coefficient (Wildman–Crippen LogP) is 2.34. The fourth-order valence-electron chi connectivity index (χ4n) is 1.39. The second-order valence-corrected chi connectivity index (χ2v) is 3.81. The van der Waals surface area contributed by atoms with E-state index in [2.05, 4.69) is 0 Å². The average Bonchev–Trinajstić information content (AvgIpc) is 2.37. The lowest BCUT2D eigenvalue weighted by atomic mass is 10.1. The topological polar surface area (TPSA) is 55.8 Å². The number of carboxylic acids is 1. The van der Waals surface area contributed by atoms with Gasteiger partial charge in [-0.1, -0.05) is 24.3 Å². The van der Waals surface area contributed by atoms with Gasteiger partial charge in [0, 0.05) is 26.4 Å². The first-order valence-corrected chi connectivity index (χ1v) is 5.79. The lowest BCUT2D eigenvalue weighted by Gasteiger charge is -2.04. The van der Waals surface area contributed by atoms with Crippen LogP contribution in [0.2, 0.25) is 0 Å². The van der Waals surface area contributed by atoms with E-state index in [0.29, 0.717) is 19.8 Å². The van der Waals surface area contributed by atoms with Crippen molar-refractivity contribution in [3.8, 4) is 0 Å². The van der Waals surface area contributed by atoms with Crippen molar-refractivity contribution in [1.82, 2.24) is 0 Å². The van der Waals surface area contributed by atoms with Crippen molar-refractivity contribution < 1.29 is 19.4 Å². The Morgan fingerprint density at radius 3 is 2.61 bits per heavy atom. The summed E-state index contributed by atoms with van der Waals surface area (Å²) < 4.78 is 10.4. The second-order valence-electron chi connectivity index (χ2n) is 3.81. The molecule has 98 valence electrons. The maximum Gasteiger partial charge on any atom is 0.328 e. The van der Waals surface area contributed by atoms with Crippen LogP contribution in [0.1, 0.15) is 17.5 Å². The largest absolute Gasteiger partial charge is 0.478 e. The van der Waals surface area contributed by atoms with Crippen LogP contribution in [0, 0.1) is 0 Å². The number of aliphatic carboxylic acids is 1. The number of hydrogen-bond donors (Lipinski definition) is 1. The smallest absolute Gasteiger partial charge is 0.328 e. The molecule has 0 aromatic heterocycles. The van der Waals surface area contributed by atoms with Gasteiger partial charge in [0.1, 0.15) is 0 Å². The number of methoxy groups -OCH3 is 1. The fourth-order valence-corrected chi connectivity index (χ4v) is 1.39. The molecule has 18 heavy (non-hydrogen) atoms. The zero-order valence-corrected chi connectivity index (χ0v) is 10.5. The van der Waals surface area contributed by atoms with E-state index in [1.165, 1.54) is 0 Å². The Balaban J connectivity index is 2.34. The van der Waals surface area contributed by atoms with Gasteiger partial charge in [0.15, 0.2) is 0 Å². The first kappa shape index (κ1) is 14.4. The van der Waals surface area contributed by atoms with E-state index in [9.17, 15) is 4.79 Å². The molecule has 4 heteroatoms. The van der Waals surface area contributed by atoms with Crippen LogP contribution in [0.15, 0.2) is 30.3 Å². The quantitative estimate of drug-likeness (QED) is 0.568. The molecule has 0 amide bonds. The van der Waals surface area contributed by atoms with E-state index in [-0.39, 0.29) is 0 Å². The van der Waals surface area contributed by atoms with Crippen molar-refractivity contribution in [2.45, 2.75) is 13.0 Å². The standard InChI is InChI=1S/C14H18O4/c1-17-9-2-10-18-11-13-5-3-12(4-6-13)7-8-14(15)16/h3-8H,2,9-11H2,1H3,(H,15,16)/b8-7+. The molecule has 0 aliphatic carbocycles. The van der Waals surface area contributed by atoms with Crippen LogP contribution >= 0.6 is 0 Å². The van der Waals surface area contributed by atoms with Gasteiger partial charge in [0.2, 0.25) is 0 Å². The first-order chi connectivity index (χ1) is 8.72. The van der Waals surface area contributed by atoms with Gasteiger partial charge < -0.3 is 14.6 Å².